The zero-order chi connectivity index (χ0) is 9.10. The lowest BCUT2D eigenvalue weighted by molar-refractivity contribution is 0.738. The zero-order valence-electron chi connectivity index (χ0n) is 7.46. The van der Waals surface area contributed by atoms with Crippen LogP contribution < -0.4 is 0 Å². The highest BCUT2D eigenvalue weighted by atomic mass is 35.5. The Morgan fingerprint density at radius 1 is 1.08 bits per heavy atom. The predicted octanol–water partition coefficient (Wildman–Crippen LogP) is 3.31. The molecule has 0 saturated heterocycles. The number of benzene rings is 1. The minimum atomic E-state index is 0.792. The minimum absolute atomic E-state index is 0.792. The van der Waals surface area contributed by atoms with Gasteiger partial charge in [-0.15, -0.1) is 0 Å². The van der Waals surface area contributed by atoms with E-state index in [4.69, 9.17) is 11.6 Å². The van der Waals surface area contributed by atoms with Crippen LogP contribution in [-0.4, -0.2) is 12.3 Å². The highest BCUT2D eigenvalue weighted by Crippen LogP contribution is 2.15. The number of halogens is 1. The van der Waals surface area contributed by atoms with Crippen molar-refractivity contribution in [2.24, 2.45) is 4.99 Å². The molecule has 1 heterocycles. The lowest BCUT2D eigenvalue weighted by Gasteiger charge is -2.11. The molecule has 0 spiro atoms. The van der Waals surface area contributed by atoms with Crippen molar-refractivity contribution in [1.29, 1.82) is 0 Å². The Morgan fingerprint density at radius 3 is 2.46 bits per heavy atom. The summed E-state index contributed by atoms with van der Waals surface area (Å²) in [6, 6.07) is 7.95. The van der Waals surface area contributed by atoms with Gasteiger partial charge in [-0.3, -0.25) is 4.99 Å². The number of aliphatic imine (C=N–C) groups is 1. The highest BCUT2D eigenvalue weighted by molar-refractivity contribution is 6.30. The van der Waals surface area contributed by atoms with Crippen LogP contribution >= 0.6 is 11.6 Å². The van der Waals surface area contributed by atoms with Crippen LogP contribution in [-0.2, 0) is 0 Å². The fraction of sp³-hybridized carbons (Fsp3) is 0.364. The van der Waals surface area contributed by atoms with Crippen LogP contribution in [0.15, 0.2) is 29.3 Å². The van der Waals surface area contributed by atoms with Gasteiger partial charge >= 0.3 is 0 Å². The van der Waals surface area contributed by atoms with Gasteiger partial charge in [-0.25, -0.2) is 0 Å². The number of nitrogens with zero attached hydrogens (tertiary/aromatic N) is 1. The number of hydrogen-bond acceptors (Lipinski definition) is 1. The van der Waals surface area contributed by atoms with E-state index in [0.717, 1.165) is 18.0 Å². The summed E-state index contributed by atoms with van der Waals surface area (Å²) in [6.07, 6.45) is 3.61. The molecule has 0 bridgehead atoms. The lowest BCUT2D eigenvalue weighted by atomic mass is 10.0. The Hall–Kier alpha value is -0.820. The third kappa shape index (κ3) is 2.10. The SMILES string of the molecule is Clc1ccc(C2=NCCCC2)cc1. The lowest BCUT2D eigenvalue weighted by Crippen LogP contribution is -2.07. The maximum Gasteiger partial charge on any atom is 0.0420 e. The summed E-state index contributed by atoms with van der Waals surface area (Å²) < 4.78 is 0. The van der Waals surface area contributed by atoms with Crippen molar-refractivity contribution in [3.05, 3.63) is 34.9 Å². The molecule has 1 nitrogen and oxygen atoms in total. The van der Waals surface area contributed by atoms with Gasteiger partial charge in [0, 0.05) is 17.3 Å². The molecule has 0 atom stereocenters. The molecule has 0 amide bonds. The van der Waals surface area contributed by atoms with E-state index in [1.54, 1.807) is 0 Å². The van der Waals surface area contributed by atoms with E-state index in [2.05, 4.69) is 4.99 Å². The van der Waals surface area contributed by atoms with Crippen molar-refractivity contribution in [3.63, 3.8) is 0 Å². The van der Waals surface area contributed by atoms with Crippen LogP contribution in [0.4, 0.5) is 0 Å². The molecule has 13 heavy (non-hydrogen) atoms. The Balaban J connectivity index is 2.24. The van der Waals surface area contributed by atoms with Crippen molar-refractivity contribution in [2.75, 3.05) is 6.54 Å². The molecular weight excluding hydrogens is 182 g/mol. The van der Waals surface area contributed by atoms with E-state index in [1.165, 1.54) is 24.1 Å². The van der Waals surface area contributed by atoms with E-state index < -0.39 is 0 Å². The monoisotopic (exact) mass is 193 g/mol. The van der Waals surface area contributed by atoms with Crippen molar-refractivity contribution in [1.82, 2.24) is 0 Å². The first-order valence-electron chi connectivity index (χ1n) is 4.65. The average Bonchev–Trinajstić information content (AvgIpc) is 2.20. The van der Waals surface area contributed by atoms with Gasteiger partial charge in [-0.2, -0.15) is 0 Å². The standard InChI is InChI=1S/C11H12ClN/c12-10-6-4-9(5-7-10)11-3-1-2-8-13-11/h4-7H,1-3,8H2. The first-order valence-corrected chi connectivity index (χ1v) is 5.03. The Labute approximate surface area is 83.4 Å². The quantitative estimate of drug-likeness (QED) is 0.649. The van der Waals surface area contributed by atoms with E-state index in [9.17, 15) is 0 Å². The molecule has 2 rings (SSSR count). The molecule has 0 aromatic heterocycles. The number of hydrogen-bond donors (Lipinski definition) is 0. The Bertz CT molecular complexity index is 313. The molecule has 1 aromatic rings. The summed E-state index contributed by atoms with van der Waals surface area (Å²) in [5.41, 5.74) is 2.46. The smallest absolute Gasteiger partial charge is 0.0420 e. The second-order valence-corrected chi connectivity index (χ2v) is 3.73. The van der Waals surface area contributed by atoms with E-state index in [1.807, 2.05) is 24.3 Å². The fourth-order valence-corrected chi connectivity index (χ4v) is 1.70. The maximum atomic E-state index is 5.81. The second kappa shape index (κ2) is 3.93. The first kappa shape index (κ1) is 8.76. The molecule has 0 unspecified atom stereocenters. The van der Waals surface area contributed by atoms with Crippen LogP contribution in [0.1, 0.15) is 24.8 Å². The van der Waals surface area contributed by atoms with Crippen molar-refractivity contribution in [3.8, 4) is 0 Å². The molecule has 0 radical (unpaired) electrons. The summed E-state index contributed by atoms with van der Waals surface area (Å²) in [7, 11) is 0. The third-order valence-corrected chi connectivity index (χ3v) is 2.55. The average molecular weight is 194 g/mol. The van der Waals surface area contributed by atoms with Gasteiger partial charge in [0.25, 0.3) is 0 Å². The molecule has 1 aliphatic heterocycles. The summed E-state index contributed by atoms with van der Waals surface area (Å²) in [5.74, 6) is 0. The minimum Gasteiger partial charge on any atom is -0.289 e. The molecule has 1 aromatic carbocycles. The van der Waals surface area contributed by atoms with Crippen LogP contribution in [0.25, 0.3) is 0 Å². The Morgan fingerprint density at radius 2 is 1.85 bits per heavy atom. The summed E-state index contributed by atoms with van der Waals surface area (Å²) in [4.78, 5) is 4.50. The van der Waals surface area contributed by atoms with Gasteiger partial charge in [0.15, 0.2) is 0 Å². The molecular formula is C11H12ClN. The second-order valence-electron chi connectivity index (χ2n) is 3.29. The predicted molar refractivity (Wildman–Crippen MR) is 56.7 cm³/mol. The van der Waals surface area contributed by atoms with Crippen molar-refractivity contribution < 1.29 is 0 Å². The first-order chi connectivity index (χ1) is 6.36. The zero-order valence-corrected chi connectivity index (χ0v) is 8.22. The Kier molecular flexibility index (Phi) is 2.65. The van der Waals surface area contributed by atoms with Gasteiger partial charge in [0.1, 0.15) is 0 Å². The van der Waals surface area contributed by atoms with Crippen LogP contribution in [0, 0.1) is 0 Å². The fourth-order valence-electron chi connectivity index (χ4n) is 1.58. The van der Waals surface area contributed by atoms with Crippen molar-refractivity contribution in [2.45, 2.75) is 19.3 Å². The molecule has 0 saturated carbocycles. The maximum absolute atomic E-state index is 5.81. The van der Waals surface area contributed by atoms with Crippen LogP contribution in [0.3, 0.4) is 0 Å². The third-order valence-electron chi connectivity index (χ3n) is 2.30. The molecule has 68 valence electrons. The largest absolute Gasteiger partial charge is 0.289 e. The summed E-state index contributed by atoms with van der Waals surface area (Å²) >= 11 is 5.81. The van der Waals surface area contributed by atoms with Crippen LogP contribution in [0.5, 0.6) is 0 Å². The topological polar surface area (TPSA) is 12.4 Å². The van der Waals surface area contributed by atoms with Gasteiger partial charge in [-0.05, 0) is 37.0 Å². The highest BCUT2D eigenvalue weighted by Gasteiger charge is 2.06. The number of rotatable bonds is 1. The van der Waals surface area contributed by atoms with E-state index in [-0.39, 0.29) is 0 Å². The van der Waals surface area contributed by atoms with Crippen molar-refractivity contribution >= 4 is 17.3 Å². The van der Waals surface area contributed by atoms with Gasteiger partial charge in [0.2, 0.25) is 0 Å². The normalized spacial score (nSPS) is 16.8. The van der Waals surface area contributed by atoms with E-state index >= 15 is 0 Å². The van der Waals surface area contributed by atoms with Gasteiger partial charge < -0.3 is 0 Å². The molecule has 1 aliphatic rings. The molecule has 0 N–H and O–H groups in total. The molecule has 0 fully saturated rings. The molecule has 0 aliphatic carbocycles. The van der Waals surface area contributed by atoms with E-state index in [0.29, 0.717) is 0 Å². The van der Waals surface area contributed by atoms with Gasteiger partial charge in [0.05, 0.1) is 0 Å². The van der Waals surface area contributed by atoms with Crippen LogP contribution in [0.2, 0.25) is 5.02 Å². The summed E-state index contributed by atoms with van der Waals surface area (Å²) in [6.45, 7) is 0.984. The summed E-state index contributed by atoms with van der Waals surface area (Å²) in [5, 5.41) is 0.792. The molecule has 2 heteroatoms. The van der Waals surface area contributed by atoms with Gasteiger partial charge in [-0.1, -0.05) is 23.7 Å².